The Hall–Kier alpha value is -7.70. The van der Waals surface area contributed by atoms with Crippen LogP contribution in [0.4, 0.5) is 34.1 Å². The van der Waals surface area contributed by atoms with E-state index in [9.17, 15) is 0 Å². The molecule has 58 heavy (non-hydrogen) atoms. The molecule has 10 aromatic rings. The van der Waals surface area contributed by atoms with E-state index in [0.29, 0.717) is 0 Å². The van der Waals surface area contributed by atoms with Crippen molar-refractivity contribution in [1.29, 1.82) is 0 Å². The molecular weight excluding hydrogens is 709 g/mol. The highest BCUT2D eigenvalue weighted by molar-refractivity contribution is 5.84. The number of hydrogen-bond acceptors (Lipinski definition) is 4. The van der Waals surface area contributed by atoms with E-state index in [2.05, 4.69) is 227 Å². The summed E-state index contributed by atoms with van der Waals surface area (Å²) >= 11 is 0. The third kappa shape index (κ3) is 6.36. The molecule has 0 aliphatic rings. The third-order valence-electron chi connectivity index (χ3n) is 10.8. The van der Waals surface area contributed by atoms with Crippen molar-refractivity contribution in [2.45, 2.75) is 13.8 Å². The van der Waals surface area contributed by atoms with Crippen molar-refractivity contribution in [3.05, 3.63) is 218 Å². The van der Waals surface area contributed by atoms with Gasteiger partial charge in [-0.25, -0.2) is 9.97 Å². The lowest BCUT2D eigenvalue weighted by molar-refractivity contribution is 1.19. The van der Waals surface area contributed by atoms with Crippen molar-refractivity contribution in [3.8, 4) is 33.6 Å². The molecular formula is C52H40N6. The van der Waals surface area contributed by atoms with Gasteiger partial charge in [-0.2, -0.15) is 0 Å². The van der Waals surface area contributed by atoms with Gasteiger partial charge in [-0.1, -0.05) is 97.1 Å². The first kappa shape index (κ1) is 34.8. The van der Waals surface area contributed by atoms with Crippen molar-refractivity contribution in [3.63, 3.8) is 0 Å². The van der Waals surface area contributed by atoms with Gasteiger partial charge in [0.2, 0.25) is 0 Å². The highest BCUT2D eigenvalue weighted by Crippen LogP contribution is 2.40. The van der Waals surface area contributed by atoms with E-state index >= 15 is 0 Å². The van der Waals surface area contributed by atoms with Gasteiger partial charge in [-0.3, -0.25) is 8.80 Å². The van der Waals surface area contributed by atoms with Gasteiger partial charge in [0.15, 0.2) is 0 Å². The van der Waals surface area contributed by atoms with Crippen molar-refractivity contribution in [1.82, 2.24) is 18.8 Å². The Kier molecular flexibility index (Phi) is 8.84. The first-order valence-corrected chi connectivity index (χ1v) is 19.6. The highest BCUT2D eigenvalue weighted by Gasteiger charge is 2.18. The van der Waals surface area contributed by atoms with E-state index in [1.165, 1.54) is 0 Å². The molecule has 0 aliphatic heterocycles. The van der Waals surface area contributed by atoms with Gasteiger partial charge in [0.25, 0.3) is 0 Å². The largest absolute Gasteiger partial charge is 0.310 e. The molecule has 0 N–H and O–H groups in total. The second-order valence-corrected chi connectivity index (χ2v) is 14.5. The molecule has 0 aliphatic carbocycles. The molecule has 10 rings (SSSR count). The summed E-state index contributed by atoms with van der Waals surface area (Å²) in [7, 11) is 0. The number of rotatable bonds is 9. The standard InChI is InChI=1S/C52H40N6/c1-37-51(55-33-11-9-23-49(55)53-37)41-15-13-21-47(35-41)57(43-17-5-3-6-18-43)45-29-25-39(26-30-45)40-27-31-46(32-28-40)58(44-19-7-4-8-20-44)48-22-14-16-42(36-48)52-38(2)54-50-24-10-12-34-56(50)52/h3-36H,1-2H3. The molecule has 278 valence electrons. The number of pyridine rings is 2. The first-order chi connectivity index (χ1) is 28.6. The summed E-state index contributed by atoms with van der Waals surface area (Å²) < 4.78 is 4.34. The maximum Gasteiger partial charge on any atom is 0.137 e. The van der Waals surface area contributed by atoms with Crippen molar-refractivity contribution < 1.29 is 0 Å². The van der Waals surface area contributed by atoms with Crippen LogP contribution in [-0.2, 0) is 0 Å². The molecule has 0 amide bonds. The Morgan fingerprint density at radius 3 is 1.10 bits per heavy atom. The van der Waals surface area contributed by atoms with Crippen LogP contribution in [0.15, 0.2) is 207 Å². The smallest absolute Gasteiger partial charge is 0.137 e. The molecule has 6 aromatic carbocycles. The number of aryl methyl sites for hydroxylation is 2. The van der Waals surface area contributed by atoms with Crippen LogP contribution < -0.4 is 9.80 Å². The Bertz CT molecular complexity index is 2810. The van der Waals surface area contributed by atoms with E-state index < -0.39 is 0 Å². The maximum atomic E-state index is 4.83. The van der Waals surface area contributed by atoms with E-state index in [0.717, 1.165) is 90.4 Å². The first-order valence-electron chi connectivity index (χ1n) is 19.6. The van der Waals surface area contributed by atoms with E-state index in [1.54, 1.807) is 0 Å². The Morgan fingerprint density at radius 2 is 0.690 bits per heavy atom. The number of fused-ring (bicyclic) bond motifs is 2. The topological polar surface area (TPSA) is 41.1 Å². The molecule has 6 heteroatoms. The minimum Gasteiger partial charge on any atom is -0.310 e. The number of benzene rings is 6. The van der Waals surface area contributed by atoms with Gasteiger partial charge in [-0.05, 0) is 122 Å². The number of hydrogen-bond donors (Lipinski definition) is 0. The van der Waals surface area contributed by atoms with Crippen LogP contribution in [-0.4, -0.2) is 18.8 Å². The average molecular weight is 749 g/mol. The van der Waals surface area contributed by atoms with Crippen molar-refractivity contribution >= 4 is 45.4 Å². The van der Waals surface area contributed by atoms with Gasteiger partial charge in [0.05, 0.1) is 22.8 Å². The molecule has 6 nitrogen and oxygen atoms in total. The summed E-state index contributed by atoms with van der Waals surface area (Å²) in [6.45, 7) is 4.16. The third-order valence-corrected chi connectivity index (χ3v) is 10.8. The number of anilines is 6. The lowest BCUT2D eigenvalue weighted by Gasteiger charge is -2.26. The second-order valence-electron chi connectivity index (χ2n) is 14.5. The zero-order valence-corrected chi connectivity index (χ0v) is 32.3. The molecule has 4 aromatic heterocycles. The quantitative estimate of drug-likeness (QED) is 0.147. The van der Waals surface area contributed by atoms with Crippen molar-refractivity contribution in [2.75, 3.05) is 9.80 Å². The molecule has 0 radical (unpaired) electrons. The number of imidazole rings is 2. The molecule has 0 saturated carbocycles. The summed E-state index contributed by atoms with van der Waals surface area (Å²) in [5.74, 6) is 0. The van der Waals surface area contributed by atoms with E-state index in [-0.39, 0.29) is 0 Å². The lowest BCUT2D eigenvalue weighted by atomic mass is 10.0. The van der Waals surface area contributed by atoms with Crippen LogP contribution in [0.3, 0.4) is 0 Å². The lowest BCUT2D eigenvalue weighted by Crippen LogP contribution is -2.10. The minimum absolute atomic E-state index is 0.945. The molecule has 0 spiro atoms. The normalized spacial score (nSPS) is 11.3. The second kappa shape index (κ2) is 14.8. The zero-order chi connectivity index (χ0) is 39.0. The molecule has 0 saturated heterocycles. The predicted octanol–water partition coefficient (Wildman–Crippen LogP) is 13.5. The van der Waals surface area contributed by atoms with Gasteiger partial charge >= 0.3 is 0 Å². The molecule has 0 unspecified atom stereocenters. The van der Waals surface area contributed by atoms with Crippen molar-refractivity contribution in [2.24, 2.45) is 0 Å². The predicted molar refractivity (Wildman–Crippen MR) is 239 cm³/mol. The van der Waals surface area contributed by atoms with Gasteiger partial charge in [-0.15, -0.1) is 0 Å². The maximum absolute atomic E-state index is 4.83. The Morgan fingerprint density at radius 1 is 0.328 bits per heavy atom. The van der Waals surface area contributed by atoms with Crippen LogP contribution in [0, 0.1) is 13.8 Å². The Labute approximate surface area is 338 Å². The number of aromatic nitrogens is 4. The summed E-state index contributed by atoms with van der Waals surface area (Å²) in [4.78, 5) is 14.3. The van der Waals surface area contributed by atoms with Crippen LogP contribution in [0.5, 0.6) is 0 Å². The number of nitrogens with zero attached hydrogens (tertiary/aromatic N) is 6. The fraction of sp³-hybridized carbons (Fsp3) is 0.0385. The minimum atomic E-state index is 0.945. The molecule has 4 heterocycles. The Balaban J connectivity index is 0.980. The highest BCUT2D eigenvalue weighted by atomic mass is 15.1. The van der Waals surface area contributed by atoms with Gasteiger partial charge in [0.1, 0.15) is 11.3 Å². The van der Waals surface area contributed by atoms with E-state index in [1.807, 2.05) is 12.1 Å². The summed E-state index contributed by atoms with van der Waals surface area (Å²) in [5.41, 5.74) is 17.1. The summed E-state index contributed by atoms with van der Waals surface area (Å²) in [5, 5.41) is 0. The monoisotopic (exact) mass is 748 g/mol. The van der Waals surface area contributed by atoms with Crippen LogP contribution in [0.1, 0.15) is 11.4 Å². The molecule has 0 bridgehead atoms. The molecule has 0 fully saturated rings. The van der Waals surface area contributed by atoms with Crippen LogP contribution >= 0.6 is 0 Å². The summed E-state index contributed by atoms with van der Waals surface area (Å²) in [6.07, 6.45) is 4.17. The number of para-hydroxylation sites is 2. The van der Waals surface area contributed by atoms with Crippen LogP contribution in [0.2, 0.25) is 0 Å². The fourth-order valence-corrected chi connectivity index (χ4v) is 8.16. The van der Waals surface area contributed by atoms with Crippen LogP contribution in [0.25, 0.3) is 44.9 Å². The SMILES string of the molecule is Cc1nc2ccccn2c1-c1cccc(N(c2ccccc2)c2ccc(-c3ccc(N(c4ccccc4)c4cccc(-c5c(C)nc6ccccn56)c4)cc3)cc2)c1. The van der Waals surface area contributed by atoms with E-state index in [4.69, 9.17) is 9.97 Å². The van der Waals surface area contributed by atoms with Gasteiger partial charge in [0, 0.05) is 57.6 Å². The average Bonchev–Trinajstić information content (AvgIpc) is 3.80. The zero-order valence-electron chi connectivity index (χ0n) is 32.3. The van der Waals surface area contributed by atoms with Gasteiger partial charge < -0.3 is 9.80 Å². The fourth-order valence-electron chi connectivity index (χ4n) is 8.16. The molecule has 0 atom stereocenters. The summed E-state index contributed by atoms with van der Waals surface area (Å²) in [6, 6.07) is 68.6.